The van der Waals surface area contributed by atoms with Gasteiger partial charge in [-0.05, 0) is 36.8 Å². The second kappa shape index (κ2) is 8.94. The Bertz CT molecular complexity index is 713. The fourth-order valence-corrected chi connectivity index (χ4v) is 1.73. The van der Waals surface area contributed by atoms with Crippen LogP contribution in [0, 0.1) is 5.41 Å². The van der Waals surface area contributed by atoms with Crippen molar-refractivity contribution >= 4 is 17.9 Å². The van der Waals surface area contributed by atoms with E-state index in [4.69, 9.17) is 15.3 Å². The van der Waals surface area contributed by atoms with Crippen molar-refractivity contribution in [3.05, 3.63) is 65.7 Å². The van der Waals surface area contributed by atoms with Gasteiger partial charge in [-0.25, -0.2) is 4.79 Å². The number of nitrogens with one attached hydrogen (secondary N) is 1. The Morgan fingerprint density at radius 1 is 1.08 bits per heavy atom. The smallest absolute Gasteiger partial charge is 0.343 e. The number of carbonyl (C=O) groups is 2. The molecule has 2 aromatic carbocycles. The first kappa shape index (κ1) is 18.7. The lowest BCUT2D eigenvalue weighted by molar-refractivity contribution is -0.138. The largest absolute Gasteiger partial charge is 0.481 e. The number of esters is 1. The third-order valence-corrected chi connectivity index (χ3v) is 2.95. The number of nitrogens with two attached hydrogens (primary N) is 2. The Morgan fingerprint density at radius 2 is 1.67 bits per heavy atom. The lowest BCUT2D eigenvalue weighted by Gasteiger charge is -2.09. The highest BCUT2D eigenvalue weighted by molar-refractivity contribution is 5.91. The summed E-state index contributed by atoms with van der Waals surface area (Å²) in [4.78, 5) is 22.8. The number of carboxylic acid groups (broad SMARTS) is 1. The van der Waals surface area contributed by atoms with Crippen LogP contribution in [-0.4, -0.2) is 23.0 Å². The molecule has 0 radical (unpaired) electrons. The minimum atomic E-state index is -0.920. The first-order chi connectivity index (χ1) is 11.3. The number of ether oxygens (including phenoxy) is 1. The molecule has 2 rings (SSSR count). The molecule has 2 aromatic rings. The fourth-order valence-electron chi connectivity index (χ4n) is 1.73. The Balaban J connectivity index is 0.000000648. The van der Waals surface area contributed by atoms with Crippen LogP contribution in [-0.2, 0) is 4.79 Å². The molecule has 126 valence electrons. The van der Waals surface area contributed by atoms with Crippen LogP contribution >= 0.6 is 0 Å². The molecule has 0 fully saturated rings. The molecule has 0 aliphatic carbocycles. The molecule has 0 saturated heterocycles. The van der Waals surface area contributed by atoms with E-state index >= 15 is 0 Å². The maximum absolute atomic E-state index is 11.9. The van der Waals surface area contributed by atoms with Gasteiger partial charge in [0.05, 0.1) is 11.5 Å². The summed E-state index contributed by atoms with van der Waals surface area (Å²) in [6.07, 6.45) is 0. The fraction of sp³-hybridized carbons (Fsp3) is 0.118. The van der Waals surface area contributed by atoms with Crippen LogP contribution in [0.1, 0.15) is 28.8 Å². The van der Waals surface area contributed by atoms with Crippen LogP contribution in [0.25, 0.3) is 0 Å². The molecule has 0 spiro atoms. The summed E-state index contributed by atoms with van der Waals surface area (Å²) in [6, 6.07) is 15.2. The highest BCUT2D eigenvalue weighted by atomic mass is 16.5. The summed E-state index contributed by atoms with van der Waals surface area (Å²) in [7, 11) is 0. The summed E-state index contributed by atoms with van der Waals surface area (Å²) < 4.78 is 5.24. The minimum absolute atomic E-state index is 0.333. The molecule has 1 atom stereocenters. The highest BCUT2D eigenvalue weighted by Crippen LogP contribution is 2.21. The molecule has 0 aliphatic heterocycles. The summed E-state index contributed by atoms with van der Waals surface area (Å²) in [5.41, 5.74) is 9.99. The van der Waals surface area contributed by atoms with Gasteiger partial charge in [-0.1, -0.05) is 30.3 Å². The van der Waals surface area contributed by atoms with Gasteiger partial charge in [-0.2, -0.15) is 0 Å². The zero-order valence-electron chi connectivity index (χ0n) is 13.1. The van der Waals surface area contributed by atoms with Crippen molar-refractivity contribution in [2.24, 2.45) is 11.5 Å². The number of hydrogen-bond donors (Lipinski definition) is 4. The normalized spacial score (nSPS) is 10.7. The molecule has 0 bridgehead atoms. The van der Waals surface area contributed by atoms with Crippen molar-refractivity contribution in [2.45, 2.75) is 12.8 Å². The molecule has 1 unspecified atom stereocenters. The first-order valence-electron chi connectivity index (χ1n) is 7.00. The van der Waals surface area contributed by atoms with Gasteiger partial charge in [0.25, 0.3) is 0 Å². The van der Waals surface area contributed by atoms with E-state index in [1.807, 2.05) is 6.07 Å². The Kier molecular flexibility index (Phi) is 6.97. The van der Waals surface area contributed by atoms with E-state index in [1.165, 1.54) is 0 Å². The van der Waals surface area contributed by atoms with Crippen molar-refractivity contribution < 1.29 is 19.4 Å². The summed E-state index contributed by atoms with van der Waals surface area (Å²) in [6.45, 7) is 1.58. The number of carboxylic acids is 1. The highest BCUT2D eigenvalue weighted by Gasteiger charge is 2.15. The number of benzene rings is 2. The second-order valence-corrected chi connectivity index (χ2v) is 4.84. The van der Waals surface area contributed by atoms with Crippen LogP contribution in [0.3, 0.4) is 0 Å². The minimum Gasteiger partial charge on any atom is -0.481 e. The van der Waals surface area contributed by atoms with E-state index in [-0.39, 0.29) is 5.96 Å². The standard InChI is InChI=1S/C16H14O4.CH5N3/c1-11(15(17)18)13-8-5-9-14(10-13)20-16(19)12-6-3-2-4-7-12;2-1(3)4/h2-11H,1H3,(H,17,18);(H5,2,3,4). The molecule has 0 amide bonds. The summed E-state index contributed by atoms with van der Waals surface area (Å²) in [5.74, 6) is -2.03. The third kappa shape index (κ3) is 6.18. The predicted molar refractivity (Wildman–Crippen MR) is 90.0 cm³/mol. The molecule has 7 heteroatoms. The van der Waals surface area contributed by atoms with E-state index in [2.05, 4.69) is 11.5 Å². The number of aliphatic carboxylic acids is 1. The van der Waals surface area contributed by atoms with Crippen LogP contribution in [0.2, 0.25) is 0 Å². The Morgan fingerprint density at radius 3 is 2.21 bits per heavy atom. The molecule has 7 nitrogen and oxygen atoms in total. The van der Waals surface area contributed by atoms with E-state index in [0.717, 1.165) is 0 Å². The van der Waals surface area contributed by atoms with Crippen LogP contribution in [0.5, 0.6) is 5.75 Å². The van der Waals surface area contributed by atoms with E-state index in [1.54, 1.807) is 55.5 Å². The molecular weight excluding hydrogens is 310 g/mol. The lowest BCUT2D eigenvalue weighted by Crippen LogP contribution is -2.20. The zero-order valence-corrected chi connectivity index (χ0v) is 13.1. The monoisotopic (exact) mass is 329 g/mol. The van der Waals surface area contributed by atoms with Crippen molar-refractivity contribution in [3.63, 3.8) is 0 Å². The Hall–Kier alpha value is -3.35. The van der Waals surface area contributed by atoms with E-state index in [9.17, 15) is 9.59 Å². The van der Waals surface area contributed by atoms with Crippen LogP contribution in [0.15, 0.2) is 54.6 Å². The average molecular weight is 329 g/mol. The van der Waals surface area contributed by atoms with Crippen molar-refractivity contribution in [1.82, 2.24) is 0 Å². The topological polar surface area (TPSA) is 139 Å². The van der Waals surface area contributed by atoms with Crippen LogP contribution in [0.4, 0.5) is 0 Å². The third-order valence-electron chi connectivity index (χ3n) is 2.95. The lowest BCUT2D eigenvalue weighted by atomic mass is 10.0. The van der Waals surface area contributed by atoms with Crippen molar-refractivity contribution in [1.29, 1.82) is 5.41 Å². The zero-order chi connectivity index (χ0) is 18.1. The molecule has 0 heterocycles. The van der Waals surface area contributed by atoms with Crippen molar-refractivity contribution in [2.75, 3.05) is 0 Å². The number of hydrogen-bond acceptors (Lipinski definition) is 4. The predicted octanol–water partition coefficient (Wildman–Crippen LogP) is 1.93. The molecule has 6 N–H and O–H groups in total. The van der Waals surface area contributed by atoms with Crippen LogP contribution < -0.4 is 16.2 Å². The van der Waals surface area contributed by atoms with Gasteiger partial charge in [-0.3, -0.25) is 10.2 Å². The SMILES string of the molecule is CC(C(=O)O)c1cccc(OC(=O)c2ccccc2)c1.N=C(N)N. The van der Waals surface area contributed by atoms with Gasteiger partial charge < -0.3 is 21.3 Å². The second-order valence-electron chi connectivity index (χ2n) is 4.84. The maximum Gasteiger partial charge on any atom is 0.343 e. The molecular formula is C17H19N3O4. The summed E-state index contributed by atoms with van der Waals surface area (Å²) in [5, 5.41) is 15.0. The van der Waals surface area contributed by atoms with Gasteiger partial charge in [0.1, 0.15) is 5.75 Å². The van der Waals surface area contributed by atoms with Gasteiger partial charge in [0.15, 0.2) is 5.96 Å². The molecule has 24 heavy (non-hydrogen) atoms. The first-order valence-corrected chi connectivity index (χ1v) is 7.00. The van der Waals surface area contributed by atoms with Crippen molar-refractivity contribution in [3.8, 4) is 5.75 Å². The number of guanidine groups is 1. The van der Waals surface area contributed by atoms with Gasteiger partial charge in [-0.15, -0.1) is 0 Å². The maximum atomic E-state index is 11.9. The molecule has 0 aromatic heterocycles. The van der Waals surface area contributed by atoms with E-state index < -0.39 is 17.9 Å². The molecule has 0 aliphatic rings. The quantitative estimate of drug-likeness (QED) is 0.292. The average Bonchev–Trinajstić information content (AvgIpc) is 2.54. The number of rotatable bonds is 4. The Labute approximate surface area is 139 Å². The summed E-state index contributed by atoms with van der Waals surface area (Å²) >= 11 is 0. The van der Waals surface area contributed by atoms with Gasteiger partial charge in [0.2, 0.25) is 0 Å². The van der Waals surface area contributed by atoms with E-state index in [0.29, 0.717) is 16.9 Å². The van der Waals surface area contributed by atoms with Gasteiger partial charge >= 0.3 is 11.9 Å². The van der Waals surface area contributed by atoms with Gasteiger partial charge in [0, 0.05) is 0 Å². The number of carbonyl (C=O) groups excluding carboxylic acids is 1. The molecule has 0 saturated carbocycles.